The summed E-state index contributed by atoms with van der Waals surface area (Å²) in [4.78, 5) is 3.41. The van der Waals surface area contributed by atoms with E-state index in [0.717, 1.165) is 24.4 Å². The second-order valence-corrected chi connectivity index (χ2v) is 6.59. The molecule has 1 aliphatic carbocycles. The van der Waals surface area contributed by atoms with Crippen molar-refractivity contribution in [2.45, 2.75) is 38.0 Å². The average molecular weight is 375 g/mol. The van der Waals surface area contributed by atoms with E-state index >= 15 is 0 Å². The number of alkyl halides is 4. The molecule has 0 saturated heterocycles. The van der Waals surface area contributed by atoms with E-state index in [4.69, 9.17) is 4.74 Å². The van der Waals surface area contributed by atoms with Crippen molar-refractivity contribution in [3.8, 4) is 11.5 Å². The predicted molar refractivity (Wildman–Crippen MR) is 81.7 cm³/mol. The smallest absolute Gasteiger partial charge is 0.298 e. The van der Waals surface area contributed by atoms with Crippen LogP contribution in [-0.2, 0) is 5.92 Å². The van der Waals surface area contributed by atoms with Gasteiger partial charge in [0.05, 0.1) is 5.92 Å². The molecule has 1 heterocycles. The molecule has 1 aromatic heterocycles. The molecule has 1 saturated carbocycles. The van der Waals surface area contributed by atoms with Crippen LogP contribution in [0.5, 0.6) is 11.5 Å². The van der Waals surface area contributed by atoms with Gasteiger partial charge in [-0.1, -0.05) is 13.8 Å². The minimum atomic E-state index is -3.87. The van der Waals surface area contributed by atoms with Gasteiger partial charge >= 0.3 is 0 Å². The summed E-state index contributed by atoms with van der Waals surface area (Å²) in [7, 11) is 0. The van der Waals surface area contributed by atoms with Gasteiger partial charge in [-0.05, 0) is 29.7 Å². The second-order valence-electron chi connectivity index (χ2n) is 6.59. The van der Waals surface area contributed by atoms with E-state index in [1.54, 1.807) is 13.8 Å². The van der Waals surface area contributed by atoms with Crippen molar-refractivity contribution in [3.63, 3.8) is 0 Å². The maximum Gasteiger partial charge on any atom is 0.298 e. The highest BCUT2D eigenvalue weighted by atomic mass is 19.3. The van der Waals surface area contributed by atoms with Crippen LogP contribution in [0.1, 0.15) is 37.4 Å². The van der Waals surface area contributed by atoms with E-state index < -0.39 is 47.3 Å². The Morgan fingerprint density at radius 3 is 2.23 bits per heavy atom. The first-order valence-electron chi connectivity index (χ1n) is 7.91. The van der Waals surface area contributed by atoms with E-state index in [1.165, 1.54) is 0 Å². The topological polar surface area (TPSA) is 22.1 Å². The molecule has 0 spiro atoms. The summed E-state index contributed by atoms with van der Waals surface area (Å²) in [6.07, 6.45) is -0.0237. The van der Waals surface area contributed by atoms with Crippen LogP contribution in [0, 0.1) is 17.6 Å². The Morgan fingerprint density at radius 2 is 1.73 bits per heavy atom. The van der Waals surface area contributed by atoms with Gasteiger partial charge in [0.15, 0.2) is 17.4 Å². The first kappa shape index (κ1) is 18.5. The van der Waals surface area contributed by atoms with E-state index in [1.807, 2.05) is 0 Å². The molecule has 26 heavy (non-hydrogen) atoms. The molecule has 1 aromatic carbocycles. The standard InChI is InChI=1S/C18H15F6NO/c1-9(2)10-5-12(19)16(13(20)6-10)26-11-3-4-25-15(7-11)18(23,24)14-8-17(14,21)22/h3-7,9,14H,8H2,1-2H3. The molecule has 0 N–H and O–H groups in total. The zero-order valence-corrected chi connectivity index (χ0v) is 13.9. The summed E-state index contributed by atoms with van der Waals surface area (Å²) in [6, 6.07) is 4.00. The largest absolute Gasteiger partial charge is 0.451 e. The molecule has 3 rings (SSSR count). The molecule has 0 radical (unpaired) electrons. The number of pyridine rings is 1. The van der Waals surface area contributed by atoms with E-state index in [-0.39, 0.29) is 11.7 Å². The Hall–Kier alpha value is -2.25. The number of halogens is 6. The zero-order chi connectivity index (χ0) is 19.3. The molecule has 0 aliphatic heterocycles. The second kappa shape index (κ2) is 6.17. The molecule has 140 valence electrons. The Bertz CT molecular complexity index is 813. The van der Waals surface area contributed by atoms with Crippen LogP contribution in [0.15, 0.2) is 30.5 Å². The van der Waals surface area contributed by atoms with Crippen LogP contribution >= 0.6 is 0 Å². The predicted octanol–water partition coefficient (Wildman–Crippen LogP) is 6.02. The van der Waals surface area contributed by atoms with Crippen molar-refractivity contribution in [2.75, 3.05) is 0 Å². The van der Waals surface area contributed by atoms with Crippen molar-refractivity contribution in [1.29, 1.82) is 0 Å². The highest BCUT2D eigenvalue weighted by Crippen LogP contribution is 2.60. The molecule has 0 amide bonds. The van der Waals surface area contributed by atoms with Gasteiger partial charge in [-0.15, -0.1) is 0 Å². The normalized spacial score (nSPS) is 18.9. The van der Waals surface area contributed by atoms with Gasteiger partial charge in [0.1, 0.15) is 11.4 Å². The van der Waals surface area contributed by atoms with E-state index in [9.17, 15) is 26.3 Å². The molecule has 1 fully saturated rings. The SMILES string of the molecule is CC(C)c1cc(F)c(Oc2ccnc(C(F)(F)C3CC3(F)F)c2)c(F)c1. The quantitative estimate of drug-likeness (QED) is 0.596. The molecule has 1 atom stereocenters. The average Bonchev–Trinajstić information content (AvgIpc) is 3.20. The van der Waals surface area contributed by atoms with Gasteiger partial charge in [-0.25, -0.2) is 17.6 Å². The van der Waals surface area contributed by atoms with Crippen LogP contribution < -0.4 is 4.74 Å². The summed E-state index contributed by atoms with van der Waals surface area (Å²) in [5.74, 6) is -12.7. The van der Waals surface area contributed by atoms with Gasteiger partial charge in [0.2, 0.25) is 0 Å². The third kappa shape index (κ3) is 3.37. The molecule has 0 bridgehead atoms. The fourth-order valence-corrected chi connectivity index (χ4v) is 2.57. The molecule has 8 heteroatoms. The van der Waals surface area contributed by atoms with Crippen LogP contribution in [0.2, 0.25) is 0 Å². The first-order valence-corrected chi connectivity index (χ1v) is 7.91. The highest BCUT2D eigenvalue weighted by molar-refractivity contribution is 5.37. The number of hydrogen-bond donors (Lipinski definition) is 0. The highest BCUT2D eigenvalue weighted by Gasteiger charge is 2.69. The number of ether oxygens (including phenoxy) is 1. The Balaban J connectivity index is 1.89. The zero-order valence-electron chi connectivity index (χ0n) is 13.9. The fourth-order valence-electron chi connectivity index (χ4n) is 2.57. The van der Waals surface area contributed by atoms with Gasteiger partial charge < -0.3 is 4.74 Å². The lowest BCUT2D eigenvalue weighted by atomic mass is 10.0. The molecular formula is C18H15F6NO. The lowest BCUT2D eigenvalue weighted by molar-refractivity contribution is -0.0706. The van der Waals surface area contributed by atoms with Crippen LogP contribution in [0.25, 0.3) is 0 Å². The summed E-state index contributed by atoms with van der Waals surface area (Å²) < 4.78 is 87.5. The molecule has 2 aromatic rings. The lowest BCUT2D eigenvalue weighted by Gasteiger charge is -2.16. The maximum atomic E-state index is 14.1. The fraction of sp³-hybridized carbons (Fsp3) is 0.389. The third-order valence-corrected chi connectivity index (χ3v) is 4.24. The maximum absolute atomic E-state index is 14.1. The number of benzene rings is 1. The van der Waals surface area contributed by atoms with Crippen LogP contribution in [0.4, 0.5) is 26.3 Å². The third-order valence-electron chi connectivity index (χ3n) is 4.24. The Kier molecular flexibility index (Phi) is 4.40. The van der Waals surface area contributed by atoms with Crippen molar-refractivity contribution in [3.05, 3.63) is 53.4 Å². The van der Waals surface area contributed by atoms with Crippen molar-refractivity contribution in [2.24, 2.45) is 5.92 Å². The monoisotopic (exact) mass is 375 g/mol. The first-order chi connectivity index (χ1) is 12.0. The van der Waals surface area contributed by atoms with E-state index in [2.05, 4.69) is 4.98 Å². The van der Waals surface area contributed by atoms with Crippen molar-refractivity contribution < 1.29 is 31.1 Å². The minimum absolute atomic E-state index is 0.125. The summed E-state index contributed by atoms with van der Waals surface area (Å²) in [6.45, 7) is 3.50. The van der Waals surface area contributed by atoms with Gasteiger partial charge in [0, 0.05) is 18.7 Å². The summed E-state index contributed by atoms with van der Waals surface area (Å²) >= 11 is 0. The van der Waals surface area contributed by atoms with E-state index in [0.29, 0.717) is 11.6 Å². The van der Waals surface area contributed by atoms with Crippen molar-refractivity contribution >= 4 is 0 Å². The number of rotatable bonds is 5. The summed E-state index contributed by atoms with van der Waals surface area (Å²) in [5.41, 5.74) is -0.526. The number of aromatic nitrogens is 1. The van der Waals surface area contributed by atoms with Crippen molar-refractivity contribution in [1.82, 2.24) is 4.98 Å². The Labute approximate surface area is 145 Å². The molecular weight excluding hydrogens is 360 g/mol. The Morgan fingerprint density at radius 1 is 1.15 bits per heavy atom. The van der Waals surface area contributed by atoms with Gasteiger partial charge in [-0.3, -0.25) is 4.98 Å². The molecule has 1 unspecified atom stereocenters. The summed E-state index contributed by atoms with van der Waals surface area (Å²) in [5, 5.41) is 0. The number of hydrogen-bond acceptors (Lipinski definition) is 2. The lowest BCUT2D eigenvalue weighted by Crippen LogP contribution is -2.21. The van der Waals surface area contributed by atoms with Crippen LogP contribution in [-0.4, -0.2) is 10.9 Å². The molecule has 1 aliphatic rings. The van der Waals surface area contributed by atoms with Crippen LogP contribution in [0.3, 0.4) is 0 Å². The molecule has 2 nitrogen and oxygen atoms in total. The van der Waals surface area contributed by atoms with Gasteiger partial charge in [0.25, 0.3) is 11.8 Å². The van der Waals surface area contributed by atoms with Gasteiger partial charge in [-0.2, -0.15) is 8.78 Å². The number of nitrogens with zero attached hydrogens (tertiary/aromatic N) is 1. The minimum Gasteiger partial charge on any atom is -0.451 e.